The lowest BCUT2D eigenvalue weighted by Crippen LogP contribution is -2.15. The van der Waals surface area contributed by atoms with Gasteiger partial charge in [-0.2, -0.15) is 5.10 Å². The van der Waals surface area contributed by atoms with E-state index in [0.29, 0.717) is 28.6 Å². The molecule has 0 radical (unpaired) electrons. The predicted molar refractivity (Wildman–Crippen MR) is 84.2 cm³/mol. The number of rotatable bonds is 5. The van der Waals surface area contributed by atoms with Crippen LogP contribution in [0.15, 0.2) is 18.2 Å². The summed E-state index contributed by atoms with van der Waals surface area (Å²) in [6.07, 6.45) is 0.146. The Morgan fingerprint density at radius 2 is 2.12 bits per heavy atom. The largest absolute Gasteiger partial charge is 0.454 e. The van der Waals surface area contributed by atoms with Gasteiger partial charge in [-0.05, 0) is 26.0 Å². The number of benzene rings is 1. The third-order valence-corrected chi connectivity index (χ3v) is 3.73. The number of hydrogen-bond acceptors (Lipinski definition) is 6. The summed E-state index contributed by atoms with van der Waals surface area (Å²) in [4.78, 5) is 22.6. The van der Waals surface area contributed by atoms with Gasteiger partial charge in [-0.15, -0.1) is 0 Å². The molecular weight excluding hydrogens is 316 g/mol. The van der Waals surface area contributed by atoms with Crippen LogP contribution in [0.1, 0.15) is 17.8 Å². The Labute approximate surface area is 137 Å². The molecule has 2 heterocycles. The third kappa shape index (κ3) is 3.00. The molecule has 0 fully saturated rings. The molecule has 0 atom stereocenters. The summed E-state index contributed by atoms with van der Waals surface area (Å²) in [5.41, 5.74) is 1.37. The molecule has 0 spiro atoms. The SMILES string of the molecule is Cc1nn(CCC(=O)Nc2ccc3c(c2)OCO3)c(C)c1[N+](=O)[O-]. The van der Waals surface area contributed by atoms with Crippen LogP contribution in [0, 0.1) is 24.0 Å². The lowest BCUT2D eigenvalue weighted by atomic mass is 10.2. The fourth-order valence-corrected chi connectivity index (χ4v) is 2.57. The summed E-state index contributed by atoms with van der Waals surface area (Å²) >= 11 is 0. The van der Waals surface area contributed by atoms with Crippen molar-refractivity contribution in [1.82, 2.24) is 9.78 Å². The highest BCUT2D eigenvalue weighted by molar-refractivity contribution is 5.91. The van der Waals surface area contributed by atoms with Crippen molar-refractivity contribution in [3.63, 3.8) is 0 Å². The number of aromatic nitrogens is 2. The van der Waals surface area contributed by atoms with E-state index in [2.05, 4.69) is 10.4 Å². The van der Waals surface area contributed by atoms with Gasteiger partial charge in [0.1, 0.15) is 11.4 Å². The van der Waals surface area contributed by atoms with Gasteiger partial charge in [-0.3, -0.25) is 19.6 Å². The first-order valence-corrected chi connectivity index (χ1v) is 7.33. The van der Waals surface area contributed by atoms with Crippen molar-refractivity contribution < 1.29 is 19.2 Å². The minimum absolute atomic E-state index is 0.00817. The number of ether oxygens (including phenoxy) is 2. The van der Waals surface area contributed by atoms with Crippen molar-refractivity contribution in [2.45, 2.75) is 26.8 Å². The average Bonchev–Trinajstić information content (AvgIpc) is 3.08. The predicted octanol–water partition coefficient (Wildman–Crippen LogP) is 2.17. The molecule has 1 aromatic heterocycles. The maximum atomic E-state index is 12.1. The third-order valence-electron chi connectivity index (χ3n) is 3.73. The number of nitro groups is 1. The quantitative estimate of drug-likeness (QED) is 0.664. The number of amides is 1. The summed E-state index contributed by atoms with van der Waals surface area (Å²) in [7, 11) is 0. The highest BCUT2D eigenvalue weighted by Gasteiger charge is 2.22. The Morgan fingerprint density at radius 1 is 1.38 bits per heavy atom. The molecule has 1 amide bonds. The van der Waals surface area contributed by atoms with E-state index >= 15 is 0 Å². The highest BCUT2D eigenvalue weighted by atomic mass is 16.7. The molecule has 24 heavy (non-hydrogen) atoms. The number of carbonyl (C=O) groups is 1. The van der Waals surface area contributed by atoms with E-state index in [0.717, 1.165) is 0 Å². The van der Waals surface area contributed by atoms with E-state index in [4.69, 9.17) is 9.47 Å². The van der Waals surface area contributed by atoms with Crippen molar-refractivity contribution in [3.05, 3.63) is 39.7 Å². The number of carbonyl (C=O) groups excluding carboxylic acids is 1. The maximum Gasteiger partial charge on any atom is 0.312 e. The van der Waals surface area contributed by atoms with Gasteiger partial charge < -0.3 is 14.8 Å². The molecule has 0 saturated heterocycles. The Balaban J connectivity index is 1.62. The molecule has 0 unspecified atom stereocenters. The van der Waals surface area contributed by atoms with Gasteiger partial charge in [0.25, 0.3) is 0 Å². The van der Waals surface area contributed by atoms with Gasteiger partial charge in [0.15, 0.2) is 11.5 Å². The summed E-state index contributed by atoms with van der Waals surface area (Å²) in [6, 6.07) is 5.14. The molecule has 0 aliphatic carbocycles. The minimum atomic E-state index is -0.457. The molecule has 1 aliphatic heterocycles. The van der Waals surface area contributed by atoms with Gasteiger partial charge >= 0.3 is 5.69 Å². The minimum Gasteiger partial charge on any atom is -0.454 e. The summed E-state index contributed by atoms with van der Waals surface area (Å²) in [5, 5.41) is 17.9. The van der Waals surface area contributed by atoms with Crippen LogP contribution in [0.3, 0.4) is 0 Å². The molecule has 2 aromatic rings. The van der Waals surface area contributed by atoms with Crippen molar-refractivity contribution >= 4 is 17.3 Å². The van der Waals surface area contributed by atoms with Crippen LogP contribution in [0.4, 0.5) is 11.4 Å². The topological polar surface area (TPSA) is 109 Å². The van der Waals surface area contributed by atoms with E-state index in [9.17, 15) is 14.9 Å². The van der Waals surface area contributed by atoms with Crippen LogP contribution in [0.25, 0.3) is 0 Å². The molecule has 0 bridgehead atoms. The van der Waals surface area contributed by atoms with E-state index in [1.54, 1.807) is 32.0 Å². The first kappa shape index (κ1) is 15.8. The Bertz CT molecular complexity index is 814. The van der Waals surface area contributed by atoms with Gasteiger partial charge in [0, 0.05) is 18.2 Å². The van der Waals surface area contributed by atoms with Crippen LogP contribution in [0.5, 0.6) is 11.5 Å². The standard InChI is InChI=1S/C15H16N4O5/c1-9-15(19(21)22)10(2)18(17-9)6-5-14(20)16-11-3-4-12-13(7-11)24-8-23-12/h3-4,7H,5-6,8H2,1-2H3,(H,16,20). The molecule has 3 rings (SSSR count). The van der Waals surface area contributed by atoms with Gasteiger partial charge in [-0.25, -0.2) is 0 Å². The highest BCUT2D eigenvalue weighted by Crippen LogP contribution is 2.34. The zero-order valence-corrected chi connectivity index (χ0v) is 13.2. The second-order valence-corrected chi connectivity index (χ2v) is 5.37. The Morgan fingerprint density at radius 3 is 2.83 bits per heavy atom. The van der Waals surface area contributed by atoms with Crippen LogP contribution in [-0.4, -0.2) is 27.4 Å². The number of anilines is 1. The summed E-state index contributed by atoms with van der Waals surface area (Å²) in [6.45, 7) is 3.63. The first-order chi connectivity index (χ1) is 11.5. The van der Waals surface area contributed by atoms with Crippen molar-refractivity contribution in [1.29, 1.82) is 0 Å². The molecule has 1 N–H and O–H groups in total. The molecule has 9 nitrogen and oxygen atoms in total. The summed E-state index contributed by atoms with van der Waals surface area (Å²) < 4.78 is 11.9. The molecule has 1 aliphatic rings. The fraction of sp³-hybridized carbons (Fsp3) is 0.333. The van der Waals surface area contributed by atoms with E-state index in [-0.39, 0.29) is 31.4 Å². The summed E-state index contributed by atoms with van der Waals surface area (Å²) in [5.74, 6) is 1.01. The van der Waals surface area contributed by atoms with Gasteiger partial charge in [-0.1, -0.05) is 0 Å². The number of aryl methyl sites for hydroxylation is 2. The Kier molecular flexibility index (Phi) is 4.07. The lowest BCUT2D eigenvalue weighted by Gasteiger charge is -2.07. The van der Waals surface area contributed by atoms with E-state index < -0.39 is 4.92 Å². The Hall–Kier alpha value is -3.10. The second kappa shape index (κ2) is 6.19. The maximum absolute atomic E-state index is 12.1. The second-order valence-electron chi connectivity index (χ2n) is 5.37. The van der Waals surface area contributed by atoms with Crippen LogP contribution in [-0.2, 0) is 11.3 Å². The zero-order chi connectivity index (χ0) is 17.3. The molecule has 1 aromatic carbocycles. The number of nitrogens with one attached hydrogen (secondary N) is 1. The van der Waals surface area contributed by atoms with Crippen molar-refractivity contribution in [2.24, 2.45) is 0 Å². The van der Waals surface area contributed by atoms with Gasteiger partial charge in [0.2, 0.25) is 12.7 Å². The number of nitrogens with zero attached hydrogens (tertiary/aromatic N) is 3. The molecule has 9 heteroatoms. The van der Waals surface area contributed by atoms with E-state index in [1.807, 2.05) is 0 Å². The molecular formula is C15H16N4O5. The number of fused-ring (bicyclic) bond motifs is 1. The zero-order valence-electron chi connectivity index (χ0n) is 13.2. The molecule has 126 valence electrons. The average molecular weight is 332 g/mol. The van der Waals surface area contributed by atoms with Gasteiger partial charge in [0.05, 0.1) is 11.5 Å². The smallest absolute Gasteiger partial charge is 0.312 e. The van der Waals surface area contributed by atoms with Crippen LogP contribution >= 0.6 is 0 Å². The first-order valence-electron chi connectivity index (χ1n) is 7.33. The molecule has 0 saturated carbocycles. The number of hydrogen-bond donors (Lipinski definition) is 1. The van der Waals surface area contributed by atoms with Crippen molar-refractivity contribution in [2.75, 3.05) is 12.1 Å². The normalized spacial score (nSPS) is 12.2. The van der Waals surface area contributed by atoms with Crippen molar-refractivity contribution in [3.8, 4) is 11.5 Å². The fourth-order valence-electron chi connectivity index (χ4n) is 2.57. The van der Waals surface area contributed by atoms with E-state index in [1.165, 1.54) is 4.68 Å². The lowest BCUT2D eigenvalue weighted by molar-refractivity contribution is -0.386. The van der Waals surface area contributed by atoms with Crippen LogP contribution in [0.2, 0.25) is 0 Å². The van der Waals surface area contributed by atoms with Crippen LogP contribution < -0.4 is 14.8 Å². The monoisotopic (exact) mass is 332 g/mol.